The fraction of sp³-hybridized carbons (Fsp3) is 0.286. The van der Waals surface area contributed by atoms with Gasteiger partial charge in [0.1, 0.15) is 5.41 Å². The maximum Gasteiger partial charge on any atom is 0.315 e. The third-order valence-electron chi connectivity index (χ3n) is 3.11. The molecule has 0 bridgehead atoms. The summed E-state index contributed by atoms with van der Waals surface area (Å²) in [5.74, 6) is -0.871. The highest BCUT2D eigenvalue weighted by Gasteiger charge is 2.32. The van der Waals surface area contributed by atoms with Crippen molar-refractivity contribution >= 4 is 32.8 Å². The number of carboxylic acids is 1. The summed E-state index contributed by atoms with van der Waals surface area (Å²) in [5.41, 5.74) is 1.31. The molecule has 0 fully saturated rings. The molecule has 0 unspecified atom stereocenters. The predicted molar refractivity (Wildman–Crippen MR) is 74.8 cm³/mol. The van der Waals surface area contributed by atoms with Gasteiger partial charge in [0.25, 0.3) is 0 Å². The Morgan fingerprint density at radius 2 is 2.06 bits per heavy atom. The van der Waals surface area contributed by atoms with Crippen LogP contribution in [-0.4, -0.2) is 16.1 Å². The van der Waals surface area contributed by atoms with Crippen molar-refractivity contribution in [3.63, 3.8) is 0 Å². The van der Waals surface area contributed by atoms with Gasteiger partial charge in [-0.15, -0.1) is 0 Å². The van der Waals surface area contributed by atoms with Gasteiger partial charge < -0.3 is 5.11 Å². The minimum Gasteiger partial charge on any atom is -0.481 e. The van der Waals surface area contributed by atoms with E-state index < -0.39 is 11.4 Å². The Hall–Kier alpha value is -1.42. The van der Waals surface area contributed by atoms with Gasteiger partial charge in [-0.3, -0.25) is 9.78 Å². The molecule has 0 saturated carbocycles. The van der Waals surface area contributed by atoms with E-state index in [1.807, 2.05) is 31.2 Å². The molecule has 0 atom stereocenters. The second-order valence-electron chi connectivity index (χ2n) is 4.90. The number of aliphatic carboxylic acids is 1. The number of carbonyl (C=O) groups is 1. The van der Waals surface area contributed by atoms with Crippen LogP contribution >= 0.6 is 15.9 Å². The Morgan fingerprint density at radius 3 is 2.67 bits per heavy atom. The first kappa shape index (κ1) is 13.0. The molecule has 0 radical (unpaired) electrons. The van der Waals surface area contributed by atoms with Crippen LogP contribution in [0.15, 0.2) is 28.7 Å². The smallest absolute Gasteiger partial charge is 0.315 e. The van der Waals surface area contributed by atoms with E-state index in [0.29, 0.717) is 5.69 Å². The summed E-state index contributed by atoms with van der Waals surface area (Å²) in [7, 11) is 0. The Morgan fingerprint density at radius 1 is 1.39 bits per heavy atom. The molecule has 3 nitrogen and oxygen atoms in total. The SMILES string of the molecule is Cc1cc2cccc(Br)c2nc1C(C)(C)C(=O)O. The lowest BCUT2D eigenvalue weighted by atomic mass is 9.86. The van der Waals surface area contributed by atoms with Crippen molar-refractivity contribution < 1.29 is 9.90 Å². The number of rotatable bonds is 2. The standard InChI is InChI=1S/C14H14BrNO2/c1-8-7-9-5-4-6-10(15)11(9)16-12(8)14(2,3)13(17)18/h4-7H,1-3H3,(H,17,18). The molecule has 0 amide bonds. The van der Waals surface area contributed by atoms with Gasteiger partial charge in [-0.1, -0.05) is 12.1 Å². The summed E-state index contributed by atoms with van der Waals surface area (Å²) in [5, 5.41) is 10.3. The van der Waals surface area contributed by atoms with Crippen molar-refractivity contribution in [2.75, 3.05) is 0 Å². The first-order valence-electron chi connectivity index (χ1n) is 5.64. The maximum atomic E-state index is 11.3. The van der Waals surface area contributed by atoms with Gasteiger partial charge in [-0.25, -0.2) is 0 Å². The van der Waals surface area contributed by atoms with Crippen molar-refractivity contribution in [1.29, 1.82) is 0 Å². The molecule has 0 spiro atoms. The quantitative estimate of drug-likeness (QED) is 0.921. The lowest BCUT2D eigenvalue weighted by Crippen LogP contribution is -2.30. The highest BCUT2D eigenvalue weighted by molar-refractivity contribution is 9.10. The molecule has 0 saturated heterocycles. The Balaban J connectivity index is 2.77. The number of aryl methyl sites for hydroxylation is 1. The zero-order valence-electron chi connectivity index (χ0n) is 10.5. The molecule has 2 aromatic rings. The first-order valence-corrected chi connectivity index (χ1v) is 6.43. The third-order valence-corrected chi connectivity index (χ3v) is 3.75. The van der Waals surface area contributed by atoms with Gasteiger partial charge in [-0.05, 0) is 54.4 Å². The number of pyridine rings is 1. The lowest BCUT2D eigenvalue weighted by molar-refractivity contribution is -0.142. The molecule has 1 N–H and O–H groups in total. The van der Waals surface area contributed by atoms with Crippen LogP contribution in [0.3, 0.4) is 0 Å². The number of nitrogens with zero attached hydrogens (tertiary/aromatic N) is 1. The number of para-hydroxylation sites is 1. The van der Waals surface area contributed by atoms with Crippen LogP contribution in [-0.2, 0) is 10.2 Å². The van der Waals surface area contributed by atoms with E-state index in [1.54, 1.807) is 13.8 Å². The average Bonchev–Trinajstić information content (AvgIpc) is 2.28. The monoisotopic (exact) mass is 307 g/mol. The molecule has 18 heavy (non-hydrogen) atoms. The highest BCUT2D eigenvalue weighted by atomic mass is 79.9. The number of hydrogen-bond acceptors (Lipinski definition) is 2. The normalized spacial score (nSPS) is 11.8. The number of fused-ring (bicyclic) bond motifs is 1. The molecule has 0 aliphatic heterocycles. The van der Waals surface area contributed by atoms with Crippen molar-refractivity contribution in [2.24, 2.45) is 0 Å². The number of carboxylic acid groups (broad SMARTS) is 1. The van der Waals surface area contributed by atoms with E-state index in [1.165, 1.54) is 0 Å². The van der Waals surface area contributed by atoms with E-state index in [-0.39, 0.29) is 0 Å². The second kappa shape index (κ2) is 4.35. The summed E-state index contributed by atoms with van der Waals surface area (Å²) in [4.78, 5) is 15.9. The Bertz CT molecular complexity index is 635. The maximum absolute atomic E-state index is 11.3. The fourth-order valence-electron chi connectivity index (χ4n) is 2.00. The van der Waals surface area contributed by atoms with Crippen LogP contribution in [0.5, 0.6) is 0 Å². The zero-order chi connectivity index (χ0) is 13.5. The van der Waals surface area contributed by atoms with E-state index >= 15 is 0 Å². The summed E-state index contributed by atoms with van der Waals surface area (Å²) in [6.07, 6.45) is 0. The van der Waals surface area contributed by atoms with Crippen LogP contribution in [0.25, 0.3) is 10.9 Å². The van der Waals surface area contributed by atoms with E-state index in [4.69, 9.17) is 0 Å². The number of benzene rings is 1. The van der Waals surface area contributed by atoms with Crippen LogP contribution in [0.1, 0.15) is 25.1 Å². The van der Waals surface area contributed by atoms with Crippen molar-refractivity contribution in [1.82, 2.24) is 4.98 Å². The summed E-state index contributed by atoms with van der Waals surface area (Å²) < 4.78 is 0.877. The average molecular weight is 308 g/mol. The van der Waals surface area contributed by atoms with Gasteiger partial charge in [0, 0.05) is 9.86 Å². The van der Waals surface area contributed by atoms with Crippen molar-refractivity contribution in [3.8, 4) is 0 Å². The molecular formula is C14H14BrNO2. The Kier molecular flexibility index (Phi) is 3.15. The topological polar surface area (TPSA) is 50.2 Å². The van der Waals surface area contributed by atoms with Crippen LogP contribution in [0, 0.1) is 6.92 Å². The van der Waals surface area contributed by atoms with E-state index in [2.05, 4.69) is 20.9 Å². The predicted octanol–water partition coefficient (Wildman–Crippen LogP) is 3.67. The minimum absolute atomic E-state index is 0.606. The Labute approximate surface area is 114 Å². The molecule has 94 valence electrons. The van der Waals surface area contributed by atoms with Crippen molar-refractivity contribution in [3.05, 3.63) is 40.0 Å². The van der Waals surface area contributed by atoms with Gasteiger partial charge in [0.05, 0.1) is 11.2 Å². The minimum atomic E-state index is -0.993. The van der Waals surface area contributed by atoms with Crippen LogP contribution < -0.4 is 0 Å². The number of hydrogen-bond donors (Lipinski definition) is 1. The van der Waals surface area contributed by atoms with Crippen LogP contribution in [0.4, 0.5) is 0 Å². The summed E-state index contributed by atoms with van der Waals surface area (Å²) >= 11 is 3.45. The fourth-order valence-corrected chi connectivity index (χ4v) is 2.47. The lowest BCUT2D eigenvalue weighted by Gasteiger charge is -2.21. The molecule has 1 heterocycles. The first-order chi connectivity index (χ1) is 8.34. The second-order valence-corrected chi connectivity index (χ2v) is 5.75. The largest absolute Gasteiger partial charge is 0.481 e. The molecule has 1 aromatic heterocycles. The van der Waals surface area contributed by atoms with Crippen molar-refractivity contribution in [2.45, 2.75) is 26.2 Å². The van der Waals surface area contributed by atoms with Gasteiger partial charge in [0.2, 0.25) is 0 Å². The number of halogens is 1. The highest BCUT2D eigenvalue weighted by Crippen LogP contribution is 2.30. The van der Waals surface area contributed by atoms with Gasteiger partial charge >= 0.3 is 5.97 Å². The van der Waals surface area contributed by atoms with E-state index in [9.17, 15) is 9.90 Å². The summed E-state index contributed by atoms with van der Waals surface area (Å²) in [6, 6.07) is 7.79. The summed E-state index contributed by atoms with van der Waals surface area (Å²) in [6.45, 7) is 5.24. The molecule has 0 aliphatic carbocycles. The molecule has 2 rings (SSSR count). The van der Waals surface area contributed by atoms with Gasteiger partial charge in [0.15, 0.2) is 0 Å². The third kappa shape index (κ3) is 2.01. The molecular weight excluding hydrogens is 294 g/mol. The zero-order valence-corrected chi connectivity index (χ0v) is 12.1. The number of aromatic nitrogens is 1. The molecule has 4 heteroatoms. The van der Waals surface area contributed by atoms with Crippen LogP contribution in [0.2, 0.25) is 0 Å². The van der Waals surface area contributed by atoms with E-state index in [0.717, 1.165) is 20.9 Å². The molecule has 0 aliphatic rings. The molecule has 1 aromatic carbocycles. The van der Waals surface area contributed by atoms with Gasteiger partial charge in [-0.2, -0.15) is 0 Å².